The third-order valence-electron chi connectivity index (χ3n) is 6.13. The summed E-state index contributed by atoms with van der Waals surface area (Å²) >= 11 is 9.38. The number of fused-ring (bicyclic) bond motifs is 2. The molecule has 2 saturated carbocycles. The number of carbonyl (C=O) groups excluding carboxylic acids is 1. The van der Waals surface area contributed by atoms with Gasteiger partial charge in [-0.1, -0.05) is 46.5 Å². The fraction of sp³-hybridized carbons (Fsp3) is 0.529. The van der Waals surface area contributed by atoms with Gasteiger partial charge in [0.1, 0.15) is 5.02 Å². The van der Waals surface area contributed by atoms with E-state index in [2.05, 4.69) is 34.9 Å². The van der Waals surface area contributed by atoms with E-state index in [0.29, 0.717) is 5.92 Å². The average molecular weight is 430 g/mol. The minimum atomic E-state index is -0.723. The van der Waals surface area contributed by atoms with Gasteiger partial charge in [-0.05, 0) is 42.7 Å². The van der Waals surface area contributed by atoms with E-state index in [9.17, 15) is 14.9 Å². The molecule has 3 rings (SSSR count). The van der Waals surface area contributed by atoms with Crippen molar-refractivity contribution in [2.75, 3.05) is 5.33 Å². The van der Waals surface area contributed by atoms with Gasteiger partial charge in [-0.15, -0.1) is 0 Å². The molecule has 2 aliphatic carbocycles. The molecule has 2 bridgehead atoms. The first-order valence-electron chi connectivity index (χ1n) is 8.01. The largest absolute Gasteiger partial charge is 0.365 e. The summed E-state index contributed by atoms with van der Waals surface area (Å²) in [7, 11) is 0. The summed E-state index contributed by atoms with van der Waals surface area (Å²) in [5, 5.41) is 15.9. The molecule has 0 aliphatic heterocycles. The number of hydrogen-bond donors (Lipinski definition) is 0. The molecule has 1 aromatic rings. The molecular formula is C17H18BrClN2O4. The van der Waals surface area contributed by atoms with Crippen molar-refractivity contribution in [3.05, 3.63) is 38.9 Å². The Morgan fingerprint density at radius 3 is 2.84 bits per heavy atom. The van der Waals surface area contributed by atoms with E-state index >= 15 is 0 Å². The third-order valence-corrected chi connectivity index (χ3v) is 7.61. The van der Waals surface area contributed by atoms with Crippen LogP contribution in [0.5, 0.6) is 0 Å². The fourth-order valence-corrected chi connectivity index (χ4v) is 5.36. The molecule has 0 N–H and O–H groups in total. The lowest BCUT2D eigenvalue weighted by atomic mass is 9.70. The van der Waals surface area contributed by atoms with Crippen LogP contribution in [0.15, 0.2) is 23.4 Å². The third kappa shape index (κ3) is 2.77. The maximum absolute atomic E-state index is 12.2. The Hall–Kier alpha value is -1.47. The smallest absolute Gasteiger partial charge is 0.313 e. The summed E-state index contributed by atoms with van der Waals surface area (Å²) in [5.41, 5.74) is 0.604. The summed E-state index contributed by atoms with van der Waals surface area (Å²) in [6.45, 7) is 4.41. The fourth-order valence-electron chi connectivity index (χ4n) is 4.10. The quantitative estimate of drug-likeness (QED) is 0.292. The normalized spacial score (nSPS) is 32.2. The van der Waals surface area contributed by atoms with Crippen LogP contribution in [-0.2, 0) is 4.84 Å². The number of oxime groups is 1. The van der Waals surface area contributed by atoms with Crippen molar-refractivity contribution in [3.63, 3.8) is 0 Å². The highest BCUT2D eigenvalue weighted by Crippen LogP contribution is 2.64. The highest BCUT2D eigenvalue weighted by molar-refractivity contribution is 9.09. The zero-order chi connectivity index (χ0) is 18.4. The van der Waals surface area contributed by atoms with Gasteiger partial charge in [-0.2, -0.15) is 0 Å². The first kappa shape index (κ1) is 18.3. The van der Waals surface area contributed by atoms with Crippen molar-refractivity contribution in [1.82, 2.24) is 0 Å². The topological polar surface area (TPSA) is 81.8 Å². The molecule has 6 nitrogen and oxygen atoms in total. The van der Waals surface area contributed by atoms with Crippen LogP contribution in [-0.4, -0.2) is 21.9 Å². The molecule has 3 unspecified atom stereocenters. The predicted octanol–water partition coefficient (Wildman–Crippen LogP) is 4.98. The number of nitro benzene ring substituents is 1. The molecule has 0 amide bonds. The van der Waals surface area contributed by atoms with E-state index in [1.165, 1.54) is 12.1 Å². The van der Waals surface area contributed by atoms with Crippen LogP contribution < -0.4 is 0 Å². The van der Waals surface area contributed by atoms with E-state index in [1.54, 1.807) is 0 Å². The van der Waals surface area contributed by atoms with Crippen LogP contribution in [0.1, 0.15) is 43.5 Å². The summed E-state index contributed by atoms with van der Waals surface area (Å²) in [5.74, 6) is -0.204. The summed E-state index contributed by atoms with van der Waals surface area (Å²) < 4.78 is 0. The van der Waals surface area contributed by atoms with Gasteiger partial charge in [0.2, 0.25) is 0 Å². The Balaban J connectivity index is 1.81. The second kappa shape index (κ2) is 6.36. The lowest BCUT2D eigenvalue weighted by Crippen LogP contribution is -2.36. The molecule has 0 heterocycles. The minimum absolute atomic E-state index is 0.0263. The SMILES string of the molecule is CC12CCC(CC1=NOC(=O)c1ccc(Cl)c([N+](=O)[O-])c1)C2(C)CBr. The van der Waals surface area contributed by atoms with Crippen LogP contribution in [0, 0.1) is 26.9 Å². The van der Waals surface area contributed by atoms with Crippen LogP contribution >= 0.6 is 27.5 Å². The number of benzene rings is 1. The van der Waals surface area contributed by atoms with Crippen molar-refractivity contribution in [3.8, 4) is 0 Å². The summed E-state index contributed by atoms with van der Waals surface area (Å²) in [6.07, 6.45) is 2.98. The van der Waals surface area contributed by atoms with Crippen molar-refractivity contribution in [2.24, 2.45) is 21.9 Å². The average Bonchev–Trinajstić information content (AvgIpc) is 2.95. The van der Waals surface area contributed by atoms with Gasteiger partial charge < -0.3 is 4.84 Å². The Morgan fingerprint density at radius 2 is 2.24 bits per heavy atom. The first-order chi connectivity index (χ1) is 11.7. The van der Waals surface area contributed by atoms with Crippen molar-refractivity contribution in [1.29, 1.82) is 0 Å². The van der Waals surface area contributed by atoms with Crippen molar-refractivity contribution < 1.29 is 14.6 Å². The van der Waals surface area contributed by atoms with E-state index in [1.807, 2.05) is 0 Å². The number of halogens is 2. The molecule has 2 fully saturated rings. The molecular weight excluding hydrogens is 412 g/mol. The molecule has 0 radical (unpaired) electrons. The highest BCUT2D eigenvalue weighted by atomic mass is 79.9. The molecule has 1 aromatic carbocycles. The van der Waals surface area contributed by atoms with E-state index < -0.39 is 10.9 Å². The van der Waals surface area contributed by atoms with Crippen LogP contribution in [0.3, 0.4) is 0 Å². The number of nitro groups is 1. The number of alkyl halides is 1. The zero-order valence-electron chi connectivity index (χ0n) is 13.9. The standard InChI is InChI=1S/C17H18BrClN2O4/c1-16-6-5-11(17(16,2)9-18)8-14(16)20-25-15(22)10-3-4-12(19)13(7-10)21(23)24/h3-4,7,11H,5-6,8-9H2,1-2H3. The molecule has 0 saturated heterocycles. The predicted molar refractivity (Wildman–Crippen MR) is 98.3 cm³/mol. The maximum atomic E-state index is 12.2. The number of nitrogens with zero attached hydrogens (tertiary/aromatic N) is 2. The lowest BCUT2D eigenvalue weighted by molar-refractivity contribution is -0.384. The minimum Gasteiger partial charge on any atom is -0.313 e. The van der Waals surface area contributed by atoms with Gasteiger partial charge in [-0.25, -0.2) is 4.79 Å². The molecule has 3 atom stereocenters. The van der Waals surface area contributed by atoms with Crippen LogP contribution in [0.2, 0.25) is 5.02 Å². The van der Waals surface area contributed by atoms with Crippen molar-refractivity contribution in [2.45, 2.75) is 33.1 Å². The van der Waals surface area contributed by atoms with Gasteiger partial charge in [0, 0.05) is 16.8 Å². The molecule has 134 valence electrons. The highest BCUT2D eigenvalue weighted by Gasteiger charge is 2.62. The number of hydrogen-bond acceptors (Lipinski definition) is 5. The Kier molecular flexibility index (Phi) is 4.66. The summed E-state index contributed by atoms with van der Waals surface area (Å²) in [6, 6.07) is 3.81. The second-order valence-corrected chi connectivity index (χ2v) is 8.13. The second-order valence-electron chi connectivity index (χ2n) is 7.16. The van der Waals surface area contributed by atoms with E-state index in [-0.39, 0.29) is 27.1 Å². The molecule has 25 heavy (non-hydrogen) atoms. The molecule has 0 aromatic heterocycles. The Morgan fingerprint density at radius 1 is 1.52 bits per heavy atom. The zero-order valence-corrected chi connectivity index (χ0v) is 16.3. The number of rotatable bonds is 4. The van der Waals surface area contributed by atoms with Gasteiger partial charge in [0.05, 0.1) is 16.2 Å². The van der Waals surface area contributed by atoms with Gasteiger partial charge >= 0.3 is 5.97 Å². The van der Waals surface area contributed by atoms with Crippen molar-refractivity contribution >= 4 is 44.9 Å². The van der Waals surface area contributed by atoms with Gasteiger partial charge in [0.15, 0.2) is 0 Å². The molecule has 0 spiro atoms. The monoisotopic (exact) mass is 428 g/mol. The van der Waals surface area contributed by atoms with Gasteiger partial charge in [0.25, 0.3) is 5.69 Å². The molecule has 2 aliphatic rings. The van der Waals surface area contributed by atoms with E-state index in [4.69, 9.17) is 16.4 Å². The van der Waals surface area contributed by atoms with E-state index in [0.717, 1.165) is 36.4 Å². The van der Waals surface area contributed by atoms with Crippen LogP contribution in [0.25, 0.3) is 0 Å². The first-order valence-corrected chi connectivity index (χ1v) is 9.51. The molecule has 8 heteroatoms. The Labute approximate surface area is 158 Å². The maximum Gasteiger partial charge on any atom is 0.365 e. The number of carbonyl (C=O) groups is 1. The van der Waals surface area contributed by atoms with Gasteiger partial charge in [-0.3, -0.25) is 10.1 Å². The Bertz CT molecular complexity index is 784. The van der Waals surface area contributed by atoms with Crippen LogP contribution in [0.4, 0.5) is 5.69 Å². The lowest BCUT2D eigenvalue weighted by Gasteiger charge is -2.36. The summed E-state index contributed by atoms with van der Waals surface area (Å²) in [4.78, 5) is 27.6.